The van der Waals surface area contributed by atoms with Crippen molar-refractivity contribution in [2.24, 2.45) is 0 Å². The third-order valence-corrected chi connectivity index (χ3v) is 2.52. The van der Waals surface area contributed by atoms with Gasteiger partial charge in [0.2, 0.25) is 0 Å². The minimum Gasteiger partial charge on any atom is -0.382 e. The summed E-state index contributed by atoms with van der Waals surface area (Å²) in [5, 5.41) is 8.68. The van der Waals surface area contributed by atoms with Gasteiger partial charge in [-0.2, -0.15) is 0 Å². The second kappa shape index (κ2) is 4.31. The Balaban J connectivity index is 2.26. The summed E-state index contributed by atoms with van der Waals surface area (Å²) in [6, 6.07) is 4.79. The maximum atomic E-state index is 11.2. The molecule has 7 heteroatoms. The van der Waals surface area contributed by atoms with Crippen molar-refractivity contribution in [3.63, 3.8) is 0 Å². The number of nitrogens with two attached hydrogens (primary N) is 1. The Labute approximate surface area is 95.3 Å². The number of aromatic nitrogens is 4. The number of nitrogen functional groups attached to an aromatic ring is 1. The molecular weight excluding hydrogens is 226 g/mol. The number of hydrogen-bond acceptors (Lipinski definition) is 6. The van der Waals surface area contributed by atoms with Crippen LogP contribution in [-0.4, -0.2) is 20.2 Å². The molecule has 2 aromatic rings. The number of nitrogens with one attached hydrogen (secondary N) is 1. The number of H-pyrrole nitrogens is 1. The standard InChI is InChI=1S/C9H9N5OS/c1-5-4-7(15)12-9(11-5)16-8-3-2-6(10)13-14-8/h2-4H,1H3,(H2,10,13)(H,11,12,15). The third kappa shape index (κ3) is 2.57. The average Bonchev–Trinajstić information content (AvgIpc) is 2.20. The molecule has 3 N–H and O–H groups in total. The molecule has 0 aliphatic rings. The Bertz CT molecular complexity index is 551. The Kier molecular flexibility index (Phi) is 2.86. The second-order valence-corrected chi connectivity index (χ2v) is 4.10. The number of aromatic amines is 1. The summed E-state index contributed by atoms with van der Waals surface area (Å²) in [5.74, 6) is 0.357. The van der Waals surface area contributed by atoms with E-state index in [-0.39, 0.29) is 5.56 Å². The molecule has 2 rings (SSSR count). The molecule has 0 unspecified atom stereocenters. The van der Waals surface area contributed by atoms with Crippen LogP contribution in [0.1, 0.15) is 5.69 Å². The van der Waals surface area contributed by atoms with Gasteiger partial charge in [0.1, 0.15) is 10.8 Å². The molecule has 0 saturated carbocycles. The molecule has 2 aromatic heterocycles. The van der Waals surface area contributed by atoms with E-state index in [0.29, 0.717) is 21.7 Å². The largest absolute Gasteiger partial charge is 0.382 e. The second-order valence-electron chi connectivity index (χ2n) is 3.09. The molecule has 0 spiro atoms. The van der Waals surface area contributed by atoms with Crippen LogP contribution in [-0.2, 0) is 0 Å². The molecule has 0 aliphatic heterocycles. The predicted molar refractivity (Wildman–Crippen MR) is 60.2 cm³/mol. The first kappa shape index (κ1) is 10.6. The van der Waals surface area contributed by atoms with Crippen LogP contribution in [0.4, 0.5) is 5.82 Å². The van der Waals surface area contributed by atoms with Crippen LogP contribution < -0.4 is 11.3 Å². The summed E-state index contributed by atoms with van der Waals surface area (Å²) in [5.41, 5.74) is 5.89. The molecule has 0 bridgehead atoms. The van der Waals surface area contributed by atoms with E-state index < -0.39 is 0 Å². The number of aryl methyl sites for hydroxylation is 1. The fourth-order valence-electron chi connectivity index (χ4n) is 1.08. The SMILES string of the molecule is Cc1cc(=O)[nH]c(Sc2ccc(N)nn2)n1. The highest BCUT2D eigenvalue weighted by Crippen LogP contribution is 2.20. The normalized spacial score (nSPS) is 10.3. The van der Waals surface area contributed by atoms with Crippen LogP contribution in [0.2, 0.25) is 0 Å². The van der Waals surface area contributed by atoms with Crippen LogP contribution in [0.15, 0.2) is 33.2 Å². The van der Waals surface area contributed by atoms with Gasteiger partial charge in [-0.3, -0.25) is 4.79 Å². The van der Waals surface area contributed by atoms with Gasteiger partial charge in [-0.25, -0.2) is 4.98 Å². The van der Waals surface area contributed by atoms with Gasteiger partial charge in [0.15, 0.2) is 5.16 Å². The number of rotatable bonds is 2. The average molecular weight is 235 g/mol. The van der Waals surface area contributed by atoms with E-state index in [1.807, 2.05) is 0 Å². The molecule has 0 aromatic carbocycles. The topological polar surface area (TPSA) is 97.5 Å². The number of nitrogens with zero attached hydrogens (tertiary/aromatic N) is 3. The molecule has 0 amide bonds. The first-order valence-corrected chi connectivity index (χ1v) is 5.30. The van der Waals surface area contributed by atoms with Gasteiger partial charge >= 0.3 is 0 Å². The van der Waals surface area contributed by atoms with E-state index in [0.717, 1.165) is 0 Å². The van der Waals surface area contributed by atoms with Gasteiger partial charge in [-0.15, -0.1) is 10.2 Å². The zero-order valence-corrected chi connectivity index (χ0v) is 9.28. The fraction of sp³-hybridized carbons (Fsp3) is 0.111. The molecular formula is C9H9N5OS. The highest BCUT2D eigenvalue weighted by atomic mass is 32.2. The molecule has 6 nitrogen and oxygen atoms in total. The molecule has 16 heavy (non-hydrogen) atoms. The first-order chi connectivity index (χ1) is 7.63. The van der Waals surface area contributed by atoms with Gasteiger partial charge in [0.25, 0.3) is 5.56 Å². The van der Waals surface area contributed by atoms with E-state index in [1.165, 1.54) is 17.8 Å². The summed E-state index contributed by atoms with van der Waals surface area (Å²) in [7, 11) is 0. The van der Waals surface area contributed by atoms with Crippen molar-refractivity contribution in [2.45, 2.75) is 17.1 Å². The Hall–Kier alpha value is -1.89. The van der Waals surface area contributed by atoms with Crippen LogP contribution in [0.5, 0.6) is 0 Å². The monoisotopic (exact) mass is 235 g/mol. The van der Waals surface area contributed by atoms with Gasteiger partial charge in [-0.1, -0.05) is 0 Å². The van der Waals surface area contributed by atoms with Crippen molar-refractivity contribution >= 4 is 17.6 Å². The van der Waals surface area contributed by atoms with Crippen molar-refractivity contribution in [2.75, 3.05) is 5.73 Å². The zero-order valence-electron chi connectivity index (χ0n) is 8.47. The smallest absolute Gasteiger partial charge is 0.251 e. The highest BCUT2D eigenvalue weighted by molar-refractivity contribution is 7.99. The molecule has 0 radical (unpaired) electrons. The lowest BCUT2D eigenvalue weighted by atomic mass is 10.5. The third-order valence-electron chi connectivity index (χ3n) is 1.71. The molecule has 0 atom stereocenters. The van der Waals surface area contributed by atoms with Crippen LogP contribution in [0, 0.1) is 6.92 Å². The quantitative estimate of drug-likeness (QED) is 0.740. The van der Waals surface area contributed by atoms with E-state index in [1.54, 1.807) is 19.1 Å². The van der Waals surface area contributed by atoms with Gasteiger partial charge in [0.05, 0.1) is 0 Å². The Morgan fingerprint density at radius 2 is 2.19 bits per heavy atom. The summed E-state index contributed by atoms with van der Waals surface area (Å²) in [6.07, 6.45) is 0. The van der Waals surface area contributed by atoms with E-state index in [9.17, 15) is 4.79 Å². The van der Waals surface area contributed by atoms with Crippen molar-refractivity contribution in [1.82, 2.24) is 20.2 Å². The van der Waals surface area contributed by atoms with E-state index in [2.05, 4.69) is 20.2 Å². The molecule has 82 valence electrons. The highest BCUT2D eigenvalue weighted by Gasteiger charge is 2.03. The lowest BCUT2D eigenvalue weighted by Crippen LogP contribution is -2.08. The summed E-state index contributed by atoms with van der Waals surface area (Å²) in [4.78, 5) is 18.0. The lowest BCUT2D eigenvalue weighted by molar-refractivity contribution is 0.888. The molecule has 0 fully saturated rings. The fourth-order valence-corrected chi connectivity index (χ4v) is 1.84. The number of anilines is 1. The maximum absolute atomic E-state index is 11.2. The van der Waals surface area contributed by atoms with Crippen LogP contribution >= 0.6 is 11.8 Å². The van der Waals surface area contributed by atoms with Crippen molar-refractivity contribution in [3.05, 3.63) is 34.2 Å². The van der Waals surface area contributed by atoms with Crippen molar-refractivity contribution in [3.8, 4) is 0 Å². The predicted octanol–water partition coefficient (Wildman–Crippen LogP) is 0.602. The Morgan fingerprint density at radius 1 is 1.38 bits per heavy atom. The Morgan fingerprint density at radius 3 is 2.81 bits per heavy atom. The molecule has 0 saturated heterocycles. The minimum atomic E-state index is -0.182. The van der Waals surface area contributed by atoms with E-state index >= 15 is 0 Å². The van der Waals surface area contributed by atoms with Gasteiger partial charge < -0.3 is 10.7 Å². The van der Waals surface area contributed by atoms with Gasteiger partial charge in [0, 0.05) is 11.8 Å². The molecule has 0 aliphatic carbocycles. The maximum Gasteiger partial charge on any atom is 0.251 e. The van der Waals surface area contributed by atoms with Crippen LogP contribution in [0.3, 0.4) is 0 Å². The van der Waals surface area contributed by atoms with Crippen molar-refractivity contribution < 1.29 is 0 Å². The van der Waals surface area contributed by atoms with Crippen LogP contribution in [0.25, 0.3) is 0 Å². The summed E-state index contributed by atoms with van der Waals surface area (Å²) < 4.78 is 0. The lowest BCUT2D eigenvalue weighted by Gasteiger charge is -2.00. The van der Waals surface area contributed by atoms with E-state index in [4.69, 9.17) is 5.73 Å². The number of hydrogen-bond donors (Lipinski definition) is 2. The first-order valence-electron chi connectivity index (χ1n) is 4.48. The molecule has 2 heterocycles. The minimum absolute atomic E-state index is 0.182. The zero-order chi connectivity index (χ0) is 11.5. The van der Waals surface area contributed by atoms with Gasteiger partial charge in [-0.05, 0) is 30.8 Å². The van der Waals surface area contributed by atoms with Crippen molar-refractivity contribution in [1.29, 1.82) is 0 Å². The summed E-state index contributed by atoms with van der Waals surface area (Å²) in [6.45, 7) is 1.76. The summed E-state index contributed by atoms with van der Waals surface area (Å²) >= 11 is 1.23.